The van der Waals surface area contributed by atoms with Crippen LogP contribution in [0, 0.1) is 0 Å². The molecule has 0 aliphatic heterocycles. The molecule has 0 atom stereocenters. The van der Waals surface area contributed by atoms with Gasteiger partial charge in [-0.25, -0.2) is 0 Å². The Morgan fingerprint density at radius 1 is 1.14 bits per heavy atom. The first kappa shape index (κ1) is 14.7. The van der Waals surface area contributed by atoms with Crippen LogP contribution in [0.5, 0.6) is 11.5 Å². The molecule has 2 rings (SSSR count). The van der Waals surface area contributed by atoms with E-state index < -0.39 is 18.0 Å². The molecule has 4 nitrogen and oxygen atoms in total. The Labute approximate surface area is 117 Å². The molecule has 0 bridgehead atoms. The lowest BCUT2D eigenvalue weighted by atomic mass is 10.0. The van der Waals surface area contributed by atoms with Crippen LogP contribution < -0.4 is 10.5 Å². The SMILES string of the molecule is NC(=O)c1cccc(-c2ccc(O)cc2OC(F)(F)F)c1. The quantitative estimate of drug-likeness (QED) is 0.914. The number of hydrogen-bond donors (Lipinski definition) is 2. The van der Waals surface area contributed by atoms with Crippen molar-refractivity contribution in [3.05, 3.63) is 48.0 Å². The maximum absolute atomic E-state index is 12.4. The van der Waals surface area contributed by atoms with Gasteiger partial charge in [0.05, 0.1) is 0 Å². The van der Waals surface area contributed by atoms with Crippen LogP contribution >= 0.6 is 0 Å². The normalized spacial score (nSPS) is 11.2. The van der Waals surface area contributed by atoms with Crippen LogP contribution in [-0.4, -0.2) is 17.4 Å². The molecule has 2 aromatic rings. The van der Waals surface area contributed by atoms with Crippen LogP contribution in [0.15, 0.2) is 42.5 Å². The van der Waals surface area contributed by atoms with Crippen molar-refractivity contribution in [1.29, 1.82) is 0 Å². The Balaban J connectivity index is 2.53. The monoisotopic (exact) mass is 297 g/mol. The lowest BCUT2D eigenvalue weighted by molar-refractivity contribution is -0.274. The minimum Gasteiger partial charge on any atom is -0.508 e. The zero-order valence-electron chi connectivity index (χ0n) is 10.5. The fraction of sp³-hybridized carbons (Fsp3) is 0.0714. The van der Waals surface area contributed by atoms with Crippen LogP contribution in [0.3, 0.4) is 0 Å². The molecule has 2 aromatic carbocycles. The third kappa shape index (κ3) is 3.65. The molecule has 21 heavy (non-hydrogen) atoms. The van der Waals surface area contributed by atoms with Gasteiger partial charge in [-0.3, -0.25) is 4.79 Å². The highest BCUT2D eigenvalue weighted by molar-refractivity contribution is 5.94. The van der Waals surface area contributed by atoms with Crippen LogP contribution in [0.25, 0.3) is 11.1 Å². The number of rotatable bonds is 3. The largest absolute Gasteiger partial charge is 0.573 e. The molecule has 7 heteroatoms. The second-order valence-electron chi connectivity index (χ2n) is 4.17. The Hall–Kier alpha value is -2.70. The fourth-order valence-electron chi connectivity index (χ4n) is 1.80. The summed E-state index contributed by atoms with van der Waals surface area (Å²) in [5.41, 5.74) is 5.67. The van der Waals surface area contributed by atoms with Gasteiger partial charge >= 0.3 is 6.36 Å². The predicted octanol–water partition coefficient (Wildman–Crippen LogP) is 3.06. The number of phenols is 1. The van der Waals surface area contributed by atoms with Gasteiger partial charge in [0.2, 0.25) is 5.91 Å². The molecule has 0 fully saturated rings. The molecule has 3 N–H and O–H groups in total. The average Bonchev–Trinajstić information content (AvgIpc) is 2.37. The summed E-state index contributed by atoms with van der Waals surface area (Å²) < 4.78 is 41.1. The Kier molecular flexibility index (Phi) is 3.75. The third-order valence-corrected chi connectivity index (χ3v) is 2.65. The number of halogens is 3. The van der Waals surface area contributed by atoms with Gasteiger partial charge in [-0.05, 0) is 29.8 Å². The van der Waals surface area contributed by atoms with E-state index in [1.54, 1.807) is 0 Å². The molecular formula is C14H10F3NO3. The summed E-state index contributed by atoms with van der Waals surface area (Å²) in [5, 5.41) is 9.30. The first-order chi connectivity index (χ1) is 9.76. The molecule has 0 aromatic heterocycles. The number of hydrogen-bond acceptors (Lipinski definition) is 3. The average molecular weight is 297 g/mol. The van der Waals surface area contributed by atoms with Crippen molar-refractivity contribution in [3.8, 4) is 22.6 Å². The standard InChI is InChI=1S/C14H10F3NO3/c15-14(16,17)21-12-7-10(19)4-5-11(12)8-2-1-3-9(6-8)13(18)20/h1-7,19H,(H2,18,20). The molecule has 0 saturated heterocycles. The summed E-state index contributed by atoms with van der Waals surface area (Å²) in [6, 6.07) is 9.10. The van der Waals surface area contributed by atoms with E-state index in [1.807, 2.05) is 0 Å². The van der Waals surface area contributed by atoms with E-state index in [1.165, 1.54) is 36.4 Å². The van der Waals surface area contributed by atoms with E-state index in [2.05, 4.69) is 4.74 Å². The molecule has 0 saturated carbocycles. The van der Waals surface area contributed by atoms with Crippen LogP contribution in [0.2, 0.25) is 0 Å². The van der Waals surface area contributed by atoms with Gasteiger partial charge in [-0.1, -0.05) is 12.1 Å². The van der Waals surface area contributed by atoms with Gasteiger partial charge in [-0.2, -0.15) is 0 Å². The minimum atomic E-state index is -4.90. The number of primary amides is 1. The van der Waals surface area contributed by atoms with Crippen molar-refractivity contribution in [3.63, 3.8) is 0 Å². The van der Waals surface area contributed by atoms with E-state index in [0.717, 1.165) is 6.07 Å². The second-order valence-corrected chi connectivity index (χ2v) is 4.17. The lowest BCUT2D eigenvalue weighted by Gasteiger charge is -2.14. The van der Waals surface area contributed by atoms with Crippen LogP contribution in [0.4, 0.5) is 13.2 Å². The van der Waals surface area contributed by atoms with Gasteiger partial charge in [-0.15, -0.1) is 13.2 Å². The second kappa shape index (κ2) is 5.35. The lowest BCUT2D eigenvalue weighted by Crippen LogP contribution is -2.17. The number of nitrogens with two attached hydrogens (primary N) is 1. The number of aromatic hydroxyl groups is 1. The summed E-state index contributed by atoms with van der Waals surface area (Å²) in [6.07, 6.45) is -4.90. The topological polar surface area (TPSA) is 72.6 Å². The van der Waals surface area contributed by atoms with Gasteiger partial charge in [0.15, 0.2) is 0 Å². The predicted molar refractivity (Wildman–Crippen MR) is 68.7 cm³/mol. The van der Waals surface area contributed by atoms with Crippen molar-refractivity contribution in [2.45, 2.75) is 6.36 Å². The molecule has 0 spiro atoms. The van der Waals surface area contributed by atoms with E-state index in [0.29, 0.717) is 5.56 Å². The van der Waals surface area contributed by atoms with E-state index in [-0.39, 0.29) is 16.9 Å². The van der Waals surface area contributed by atoms with Gasteiger partial charge < -0.3 is 15.6 Å². The zero-order chi connectivity index (χ0) is 15.6. The molecular weight excluding hydrogens is 287 g/mol. The molecule has 0 radical (unpaired) electrons. The van der Waals surface area contributed by atoms with Crippen molar-refractivity contribution in [2.75, 3.05) is 0 Å². The maximum Gasteiger partial charge on any atom is 0.573 e. The highest BCUT2D eigenvalue weighted by Gasteiger charge is 2.32. The summed E-state index contributed by atoms with van der Waals surface area (Å²) in [5.74, 6) is -1.64. The number of alkyl halides is 3. The summed E-state index contributed by atoms with van der Waals surface area (Å²) in [7, 11) is 0. The Bertz CT molecular complexity index is 683. The van der Waals surface area contributed by atoms with Crippen LogP contribution in [0.1, 0.15) is 10.4 Å². The Morgan fingerprint density at radius 3 is 2.48 bits per heavy atom. The van der Waals surface area contributed by atoms with Gasteiger partial charge in [0, 0.05) is 17.2 Å². The molecule has 0 aliphatic carbocycles. The van der Waals surface area contributed by atoms with Gasteiger partial charge in [0.25, 0.3) is 0 Å². The van der Waals surface area contributed by atoms with Crippen LogP contribution in [-0.2, 0) is 0 Å². The minimum absolute atomic E-state index is 0.0771. The van der Waals surface area contributed by atoms with Crippen molar-refractivity contribution in [2.24, 2.45) is 5.73 Å². The Morgan fingerprint density at radius 2 is 1.86 bits per heavy atom. The van der Waals surface area contributed by atoms with E-state index in [4.69, 9.17) is 5.73 Å². The number of carbonyl (C=O) groups is 1. The highest BCUT2D eigenvalue weighted by atomic mass is 19.4. The third-order valence-electron chi connectivity index (χ3n) is 2.65. The van der Waals surface area contributed by atoms with Crippen molar-refractivity contribution in [1.82, 2.24) is 0 Å². The van der Waals surface area contributed by atoms with E-state index in [9.17, 15) is 23.1 Å². The number of ether oxygens (including phenoxy) is 1. The summed E-state index contributed by atoms with van der Waals surface area (Å²) in [4.78, 5) is 11.1. The molecule has 1 amide bonds. The number of phenolic OH excluding ortho intramolecular Hbond substituents is 1. The summed E-state index contributed by atoms with van der Waals surface area (Å²) >= 11 is 0. The smallest absolute Gasteiger partial charge is 0.508 e. The van der Waals surface area contributed by atoms with Crippen molar-refractivity contribution >= 4 is 5.91 Å². The maximum atomic E-state index is 12.4. The number of amides is 1. The van der Waals surface area contributed by atoms with Gasteiger partial charge in [0.1, 0.15) is 11.5 Å². The molecule has 110 valence electrons. The summed E-state index contributed by atoms with van der Waals surface area (Å²) in [6.45, 7) is 0. The number of carbonyl (C=O) groups excluding carboxylic acids is 1. The zero-order valence-corrected chi connectivity index (χ0v) is 10.5. The molecule has 0 unspecified atom stereocenters. The molecule has 0 aliphatic rings. The molecule has 0 heterocycles. The number of benzene rings is 2. The highest BCUT2D eigenvalue weighted by Crippen LogP contribution is 2.36. The van der Waals surface area contributed by atoms with Crippen molar-refractivity contribution < 1.29 is 27.8 Å². The first-order valence-electron chi connectivity index (χ1n) is 5.75. The first-order valence-corrected chi connectivity index (χ1v) is 5.75. The fourth-order valence-corrected chi connectivity index (χ4v) is 1.80. The van der Waals surface area contributed by atoms with E-state index >= 15 is 0 Å².